The Bertz CT molecular complexity index is 855. The highest BCUT2D eigenvalue weighted by Gasteiger charge is 2.21. The number of amides is 2. The predicted molar refractivity (Wildman–Crippen MR) is 109 cm³/mol. The van der Waals surface area contributed by atoms with Crippen LogP contribution in [-0.4, -0.2) is 56.8 Å². The molecule has 28 heavy (non-hydrogen) atoms. The Morgan fingerprint density at radius 1 is 1.04 bits per heavy atom. The maximum Gasteiger partial charge on any atom is 0.317 e. The average molecular weight is 397 g/mol. The second kappa shape index (κ2) is 8.99. The summed E-state index contributed by atoms with van der Waals surface area (Å²) < 4.78 is 1.79. The monoisotopic (exact) mass is 396 g/mol. The van der Waals surface area contributed by atoms with E-state index < -0.39 is 0 Å². The molecule has 0 radical (unpaired) electrons. The van der Waals surface area contributed by atoms with Gasteiger partial charge in [-0.05, 0) is 22.6 Å². The zero-order valence-electron chi connectivity index (χ0n) is 15.7. The highest BCUT2D eigenvalue weighted by molar-refractivity contribution is 7.09. The van der Waals surface area contributed by atoms with Crippen LogP contribution in [0.1, 0.15) is 16.0 Å². The Morgan fingerprint density at radius 2 is 1.82 bits per heavy atom. The number of benzene rings is 1. The molecule has 1 aromatic carbocycles. The number of aromatic nitrogens is 3. The minimum Gasteiger partial charge on any atom is -0.334 e. The molecule has 1 fully saturated rings. The van der Waals surface area contributed by atoms with Crippen LogP contribution < -0.4 is 5.32 Å². The number of carbonyl (C=O) groups excluding carboxylic acids is 1. The van der Waals surface area contributed by atoms with Gasteiger partial charge in [0.2, 0.25) is 0 Å². The van der Waals surface area contributed by atoms with Crippen LogP contribution in [0.25, 0.3) is 0 Å². The SMILES string of the molecule is O=C(NCc1ccc(Cn2cncn2)cc1)N1CCN(Cc2cccs2)CC1. The topological polar surface area (TPSA) is 66.3 Å². The highest BCUT2D eigenvalue weighted by Crippen LogP contribution is 2.13. The van der Waals surface area contributed by atoms with Crippen LogP contribution in [0.2, 0.25) is 0 Å². The second-order valence-electron chi connectivity index (χ2n) is 6.91. The van der Waals surface area contributed by atoms with E-state index in [4.69, 9.17) is 0 Å². The van der Waals surface area contributed by atoms with E-state index in [1.54, 1.807) is 22.3 Å². The van der Waals surface area contributed by atoms with Crippen molar-refractivity contribution < 1.29 is 4.79 Å². The summed E-state index contributed by atoms with van der Waals surface area (Å²) in [7, 11) is 0. The average Bonchev–Trinajstić information content (AvgIpc) is 3.42. The van der Waals surface area contributed by atoms with Gasteiger partial charge >= 0.3 is 6.03 Å². The molecule has 1 N–H and O–H groups in total. The van der Waals surface area contributed by atoms with Gasteiger partial charge in [-0.1, -0.05) is 30.3 Å². The Labute approximate surface area is 168 Å². The minimum absolute atomic E-state index is 0.0162. The summed E-state index contributed by atoms with van der Waals surface area (Å²) >= 11 is 1.79. The maximum absolute atomic E-state index is 12.5. The molecule has 1 aliphatic heterocycles. The number of nitrogens with zero attached hydrogens (tertiary/aromatic N) is 5. The van der Waals surface area contributed by atoms with Crippen molar-refractivity contribution >= 4 is 17.4 Å². The van der Waals surface area contributed by atoms with E-state index >= 15 is 0 Å². The molecule has 0 aliphatic carbocycles. The third-order valence-electron chi connectivity index (χ3n) is 4.90. The van der Waals surface area contributed by atoms with Gasteiger partial charge < -0.3 is 10.2 Å². The lowest BCUT2D eigenvalue weighted by Gasteiger charge is -2.34. The van der Waals surface area contributed by atoms with Crippen LogP contribution in [-0.2, 0) is 19.6 Å². The van der Waals surface area contributed by atoms with Crippen molar-refractivity contribution in [1.29, 1.82) is 0 Å². The van der Waals surface area contributed by atoms with E-state index in [2.05, 4.69) is 49.9 Å². The van der Waals surface area contributed by atoms with E-state index in [-0.39, 0.29) is 6.03 Å². The molecule has 146 valence electrons. The molecule has 2 amide bonds. The van der Waals surface area contributed by atoms with Crippen molar-refractivity contribution in [1.82, 2.24) is 29.9 Å². The van der Waals surface area contributed by atoms with Gasteiger partial charge in [0.15, 0.2) is 0 Å². The normalized spacial score (nSPS) is 14.9. The van der Waals surface area contributed by atoms with Gasteiger partial charge in [-0.15, -0.1) is 11.3 Å². The molecular weight excluding hydrogens is 372 g/mol. The van der Waals surface area contributed by atoms with E-state index in [1.807, 2.05) is 17.0 Å². The molecule has 3 aromatic rings. The molecule has 3 heterocycles. The summed E-state index contributed by atoms with van der Waals surface area (Å²) in [6.45, 7) is 5.60. The molecule has 1 saturated heterocycles. The zero-order valence-corrected chi connectivity index (χ0v) is 16.5. The number of piperazine rings is 1. The first-order chi connectivity index (χ1) is 13.8. The number of nitrogens with one attached hydrogen (secondary N) is 1. The van der Waals surface area contributed by atoms with Crippen LogP contribution in [0.3, 0.4) is 0 Å². The molecule has 7 nitrogen and oxygen atoms in total. The van der Waals surface area contributed by atoms with Crippen molar-refractivity contribution in [2.24, 2.45) is 0 Å². The third kappa shape index (κ3) is 4.96. The molecule has 0 atom stereocenters. The standard InChI is InChI=1S/C20H24N6OS/c27-20(25-9-7-24(8-10-25)14-19-2-1-11-28-19)22-12-17-3-5-18(6-4-17)13-26-16-21-15-23-26/h1-6,11,15-16H,7-10,12-14H2,(H,22,27). The van der Waals surface area contributed by atoms with Crippen LogP contribution in [0.5, 0.6) is 0 Å². The van der Waals surface area contributed by atoms with E-state index in [1.165, 1.54) is 11.2 Å². The zero-order chi connectivity index (χ0) is 19.2. The first kappa shape index (κ1) is 18.6. The summed E-state index contributed by atoms with van der Waals surface area (Å²) in [5, 5.41) is 9.26. The quantitative estimate of drug-likeness (QED) is 0.695. The largest absolute Gasteiger partial charge is 0.334 e. The number of hydrogen-bond donors (Lipinski definition) is 1. The smallest absolute Gasteiger partial charge is 0.317 e. The molecule has 0 bridgehead atoms. The Morgan fingerprint density at radius 3 is 2.50 bits per heavy atom. The van der Waals surface area contributed by atoms with Crippen molar-refractivity contribution in [2.75, 3.05) is 26.2 Å². The number of thiophene rings is 1. The number of rotatable bonds is 6. The van der Waals surface area contributed by atoms with Gasteiger partial charge in [-0.25, -0.2) is 14.5 Å². The second-order valence-corrected chi connectivity index (χ2v) is 7.94. The highest BCUT2D eigenvalue weighted by atomic mass is 32.1. The molecule has 4 rings (SSSR count). The van der Waals surface area contributed by atoms with Crippen molar-refractivity contribution in [3.8, 4) is 0 Å². The van der Waals surface area contributed by atoms with Gasteiger partial charge in [-0.3, -0.25) is 4.90 Å². The molecular formula is C20H24N6OS. The van der Waals surface area contributed by atoms with Crippen molar-refractivity contribution in [3.05, 3.63) is 70.4 Å². The fourth-order valence-electron chi connectivity index (χ4n) is 3.29. The lowest BCUT2D eigenvalue weighted by Crippen LogP contribution is -2.51. The van der Waals surface area contributed by atoms with Crippen molar-refractivity contribution in [3.63, 3.8) is 0 Å². The molecule has 8 heteroatoms. The van der Waals surface area contributed by atoms with E-state index in [0.29, 0.717) is 13.1 Å². The predicted octanol–water partition coefficient (Wildman–Crippen LogP) is 2.42. The van der Waals surface area contributed by atoms with Crippen LogP contribution in [0, 0.1) is 0 Å². The molecule has 2 aromatic heterocycles. The first-order valence-electron chi connectivity index (χ1n) is 9.44. The number of urea groups is 1. The van der Waals surface area contributed by atoms with Gasteiger partial charge in [-0.2, -0.15) is 5.10 Å². The van der Waals surface area contributed by atoms with Crippen LogP contribution >= 0.6 is 11.3 Å². The molecule has 0 saturated carbocycles. The Kier molecular flexibility index (Phi) is 5.98. The van der Waals surface area contributed by atoms with Crippen molar-refractivity contribution in [2.45, 2.75) is 19.6 Å². The molecule has 0 spiro atoms. The van der Waals surface area contributed by atoms with E-state index in [9.17, 15) is 4.79 Å². The first-order valence-corrected chi connectivity index (χ1v) is 10.3. The van der Waals surface area contributed by atoms with Crippen LogP contribution in [0.15, 0.2) is 54.4 Å². The summed E-state index contributed by atoms with van der Waals surface area (Å²) in [5.41, 5.74) is 2.24. The number of carbonyl (C=O) groups is 1. The number of hydrogen-bond acceptors (Lipinski definition) is 5. The van der Waals surface area contributed by atoms with E-state index in [0.717, 1.165) is 43.9 Å². The minimum atomic E-state index is 0.0162. The Hall–Kier alpha value is -2.71. The fourth-order valence-corrected chi connectivity index (χ4v) is 4.03. The molecule has 0 unspecified atom stereocenters. The lowest BCUT2D eigenvalue weighted by molar-refractivity contribution is 0.135. The van der Waals surface area contributed by atoms with Crippen LogP contribution in [0.4, 0.5) is 4.79 Å². The van der Waals surface area contributed by atoms with Gasteiger partial charge in [0.05, 0.1) is 6.54 Å². The summed E-state index contributed by atoms with van der Waals surface area (Å²) in [6, 6.07) is 12.5. The summed E-state index contributed by atoms with van der Waals surface area (Å²) in [6.07, 6.45) is 3.24. The third-order valence-corrected chi connectivity index (χ3v) is 5.76. The fraction of sp³-hybridized carbons (Fsp3) is 0.350. The van der Waals surface area contributed by atoms with Gasteiger partial charge in [0.25, 0.3) is 0 Å². The molecule has 1 aliphatic rings. The maximum atomic E-state index is 12.5. The summed E-state index contributed by atoms with van der Waals surface area (Å²) in [5.74, 6) is 0. The summed E-state index contributed by atoms with van der Waals surface area (Å²) in [4.78, 5) is 22.1. The lowest BCUT2D eigenvalue weighted by atomic mass is 10.1. The van der Waals surface area contributed by atoms with Gasteiger partial charge in [0.1, 0.15) is 12.7 Å². The van der Waals surface area contributed by atoms with Gasteiger partial charge in [0, 0.05) is 44.1 Å². The Balaban J connectivity index is 1.20.